The molecule has 2 aromatic rings. The van der Waals surface area contributed by atoms with E-state index in [2.05, 4.69) is 6.58 Å². The lowest BCUT2D eigenvalue weighted by Gasteiger charge is -2.29. The second kappa shape index (κ2) is 9.93. The number of carbonyl (C=O) groups excluding carboxylic acids is 1. The second-order valence-corrected chi connectivity index (χ2v) is 9.02. The number of benzene rings is 2. The molecule has 0 radical (unpaired) electrons. The molecule has 0 spiro atoms. The van der Waals surface area contributed by atoms with Gasteiger partial charge in [0.1, 0.15) is 6.23 Å². The van der Waals surface area contributed by atoms with E-state index >= 15 is 0 Å². The molecule has 0 unspecified atom stereocenters. The summed E-state index contributed by atoms with van der Waals surface area (Å²) in [6.45, 7) is 6.30. The highest BCUT2D eigenvalue weighted by Gasteiger charge is 2.38. The Morgan fingerprint density at radius 2 is 1.44 bits per heavy atom. The molecule has 0 atom stereocenters. The molecule has 0 saturated heterocycles. The van der Waals surface area contributed by atoms with Crippen LogP contribution in [0.2, 0.25) is 6.04 Å². The molecule has 0 aliphatic carbocycles. The minimum Gasteiger partial charge on any atom is -0.461 e. The standard InChI is InChI=1S/C20H24O4Si/c1-3-20(21)22-17-25(4-2,23-15-18-11-7-5-8-12-18)24-16-19-13-9-6-10-14-19/h3,5-14H,1,4,15-17H2,2H3. The molecule has 0 fully saturated rings. The van der Waals surface area contributed by atoms with Gasteiger partial charge in [0.15, 0.2) is 0 Å². The molecule has 0 aromatic heterocycles. The maximum Gasteiger partial charge on any atom is 0.377 e. The predicted octanol–water partition coefficient (Wildman–Crippen LogP) is 4.15. The fraction of sp³-hybridized carbons (Fsp3) is 0.250. The maximum atomic E-state index is 11.5. The highest BCUT2D eigenvalue weighted by molar-refractivity contribution is 6.67. The van der Waals surface area contributed by atoms with Gasteiger partial charge in [-0.2, -0.15) is 0 Å². The molecule has 5 heteroatoms. The molecule has 0 amide bonds. The third-order valence-electron chi connectivity index (χ3n) is 3.83. The van der Waals surface area contributed by atoms with Crippen LogP contribution in [0.3, 0.4) is 0 Å². The van der Waals surface area contributed by atoms with Crippen molar-refractivity contribution in [1.29, 1.82) is 0 Å². The summed E-state index contributed by atoms with van der Waals surface area (Å²) in [6.07, 6.45) is 1.30. The molecule has 2 aromatic carbocycles. The van der Waals surface area contributed by atoms with E-state index in [-0.39, 0.29) is 6.23 Å². The zero-order chi connectivity index (χ0) is 18.0. The average Bonchev–Trinajstić information content (AvgIpc) is 2.69. The summed E-state index contributed by atoms with van der Waals surface area (Å²) in [6, 6.07) is 20.5. The van der Waals surface area contributed by atoms with Crippen molar-refractivity contribution in [2.24, 2.45) is 0 Å². The highest BCUT2D eigenvalue weighted by Crippen LogP contribution is 2.19. The van der Waals surface area contributed by atoms with E-state index in [0.717, 1.165) is 17.2 Å². The first kappa shape index (κ1) is 19.1. The fourth-order valence-corrected chi connectivity index (χ4v) is 4.33. The van der Waals surface area contributed by atoms with Gasteiger partial charge in [-0.25, -0.2) is 4.79 Å². The SMILES string of the molecule is C=CC(=O)OC[Si](CC)(OCc1ccccc1)OCc1ccccc1. The van der Waals surface area contributed by atoms with Crippen LogP contribution in [-0.2, 0) is 31.6 Å². The van der Waals surface area contributed by atoms with E-state index in [0.29, 0.717) is 19.3 Å². The molecule has 2 rings (SSSR count). The van der Waals surface area contributed by atoms with E-state index in [4.69, 9.17) is 13.6 Å². The number of esters is 1. The van der Waals surface area contributed by atoms with Crippen LogP contribution >= 0.6 is 0 Å². The molecule has 0 saturated carbocycles. The van der Waals surface area contributed by atoms with Gasteiger partial charge in [-0.15, -0.1) is 0 Å². The van der Waals surface area contributed by atoms with E-state index in [9.17, 15) is 4.79 Å². The summed E-state index contributed by atoms with van der Waals surface area (Å²) in [5, 5.41) is 0. The molecule has 0 bridgehead atoms. The fourth-order valence-electron chi connectivity index (χ4n) is 2.25. The first-order chi connectivity index (χ1) is 12.2. The van der Waals surface area contributed by atoms with Crippen molar-refractivity contribution in [3.63, 3.8) is 0 Å². The van der Waals surface area contributed by atoms with Crippen LogP contribution < -0.4 is 0 Å². The average molecular weight is 356 g/mol. The van der Waals surface area contributed by atoms with E-state index in [1.165, 1.54) is 0 Å². The molecule has 25 heavy (non-hydrogen) atoms. The van der Waals surface area contributed by atoms with Crippen LogP contribution in [0.25, 0.3) is 0 Å². The number of carbonyl (C=O) groups is 1. The van der Waals surface area contributed by atoms with Gasteiger partial charge in [-0.1, -0.05) is 74.2 Å². The maximum absolute atomic E-state index is 11.5. The molecule has 0 heterocycles. The lowest BCUT2D eigenvalue weighted by Crippen LogP contribution is -2.47. The van der Waals surface area contributed by atoms with Crippen molar-refractivity contribution in [2.45, 2.75) is 26.2 Å². The largest absolute Gasteiger partial charge is 0.461 e. The monoisotopic (exact) mass is 356 g/mol. The van der Waals surface area contributed by atoms with Gasteiger partial charge >= 0.3 is 14.5 Å². The number of hydrogen-bond acceptors (Lipinski definition) is 4. The van der Waals surface area contributed by atoms with Crippen LogP contribution in [-0.4, -0.2) is 20.8 Å². The van der Waals surface area contributed by atoms with Crippen LogP contribution in [0.15, 0.2) is 73.3 Å². The Kier molecular flexibility index (Phi) is 7.59. The van der Waals surface area contributed by atoms with Gasteiger partial charge in [-0.3, -0.25) is 0 Å². The summed E-state index contributed by atoms with van der Waals surface area (Å²) in [7, 11) is -2.70. The Hall–Kier alpha value is -2.21. The summed E-state index contributed by atoms with van der Waals surface area (Å²) < 4.78 is 17.7. The molecular formula is C20H24O4Si. The Morgan fingerprint density at radius 1 is 0.960 bits per heavy atom. The van der Waals surface area contributed by atoms with E-state index in [1.54, 1.807) is 0 Å². The summed E-state index contributed by atoms with van der Waals surface area (Å²) >= 11 is 0. The molecule has 132 valence electrons. The van der Waals surface area contributed by atoms with Gasteiger partial charge in [0.05, 0.1) is 13.2 Å². The molecular weight excluding hydrogens is 332 g/mol. The quantitative estimate of drug-likeness (QED) is 0.364. The Balaban J connectivity index is 2.06. The molecule has 0 aliphatic heterocycles. The zero-order valence-electron chi connectivity index (χ0n) is 14.5. The summed E-state index contributed by atoms with van der Waals surface area (Å²) in [4.78, 5) is 11.5. The van der Waals surface area contributed by atoms with Crippen molar-refractivity contribution < 1.29 is 18.4 Å². The minimum absolute atomic E-state index is 0.147. The summed E-state index contributed by atoms with van der Waals surface area (Å²) in [5.41, 5.74) is 2.12. The number of hydrogen-bond donors (Lipinski definition) is 0. The van der Waals surface area contributed by atoms with Crippen molar-refractivity contribution in [2.75, 3.05) is 6.23 Å². The van der Waals surface area contributed by atoms with Gasteiger partial charge < -0.3 is 13.6 Å². The first-order valence-corrected chi connectivity index (χ1v) is 10.6. The molecule has 0 aliphatic rings. The summed E-state index contributed by atoms with van der Waals surface area (Å²) in [5.74, 6) is -0.461. The van der Waals surface area contributed by atoms with Crippen LogP contribution in [0.5, 0.6) is 0 Å². The van der Waals surface area contributed by atoms with Crippen molar-refractivity contribution in [1.82, 2.24) is 0 Å². The number of ether oxygens (including phenoxy) is 1. The highest BCUT2D eigenvalue weighted by atomic mass is 28.4. The lowest BCUT2D eigenvalue weighted by molar-refractivity contribution is -0.136. The topological polar surface area (TPSA) is 44.8 Å². The smallest absolute Gasteiger partial charge is 0.377 e. The van der Waals surface area contributed by atoms with Crippen LogP contribution in [0, 0.1) is 0 Å². The van der Waals surface area contributed by atoms with Crippen LogP contribution in [0.1, 0.15) is 18.1 Å². The van der Waals surface area contributed by atoms with Gasteiger partial charge in [-0.05, 0) is 17.2 Å². The van der Waals surface area contributed by atoms with Crippen molar-refractivity contribution in [3.05, 3.63) is 84.4 Å². The van der Waals surface area contributed by atoms with E-state index < -0.39 is 14.5 Å². The van der Waals surface area contributed by atoms with Crippen molar-refractivity contribution in [3.8, 4) is 0 Å². The molecule has 0 N–H and O–H groups in total. The van der Waals surface area contributed by atoms with Crippen molar-refractivity contribution >= 4 is 14.5 Å². The van der Waals surface area contributed by atoms with Gasteiger partial charge in [0, 0.05) is 6.08 Å². The first-order valence-electron chi connectivity index (χ1n) is 8.32. The van der Waals surface area contributed by atoms with Gasteiger partial charge in [0.25, 0.3) is 0 Å². The Labute approximate surface area is 150 Å². The third kappa shape index (κ3) is 6.30. The Morgan fingerprint density at radius 3 is 1.84 bits per heavy atom. The Bertz CT molecular complexity index is 614. The van der Waals surface area contributed by atoms with E-state index in [1.807, 2.05) is 67.6 Å². The normalized spacial score (nSPS) is 11.1. The predicted molar refractivity (Wildman–Crippen MR) is 99.9 cm³/mol. The molecule has 4 nitrogen and oxygen atoms in total. The third-order valence-corrected chi connectivity index (χ3v) is 6.83. The van der Waals surface area contributed by atoms with Crippen LogP contribution in [0.4, 0.5) is 0 Å². The number of rotatable bonds is 10. The van der Waals surface area contributed by atoms with Gasteiger partial charge in [0.2, 0.25) is 0 Å². The zero-order valence-corrected chi connectivity index (χ0v) is 15.5. The minimum atomic E-state index is -2.70. The second-order valence-electron chi connectivity index (χ2n) is 5.62. The lowest BCUT2D eigenvalue weighted by atomic mass is 10.2.